The standard InChI is InChI=1S/C18H15ClN2O4S2/c1-24-7-6-20-16(22)10-2-4-13(19)12(8-10)14-5-3-11(25-14)9-15-17(23)21-18(26)27-15/h2-5,8-9H,6-7H2,1H3,(H,20,22)(H,21,23,26)/b15-9-. The summed E-state index contributed by atoms with van der Waals surface area (Å²) in [6.07, 6.45) is 1.61. The van der Waals surface area contributed by atoms with Gasteiger partial charge in [0.1, 0.15) is 15.8 Å². The second kappa shape index (κ2) is 8.71. The molecule has 1 fully saturated rings. The fraction of sp³-hybridized carbons (Fsp3) is 0.167. The molecule has 0 atom stereocenters. The van der Waals surface area contributed by atoms with E-state index in [1.165, 1.54) is 11.8 Å². The number of ether oxygens (including phenoxy) is 1. The van der Waals surface area contributed by atoms with Gasteiger partial charge in [-0.05, 0) is 30.3 Å². The largest absolute Gasteiger partial charge is 0.457 e. The fourth-order valence-electron chi connectivity index (χ4n) is 2.35. The Kier molecular flexibility index (Phi) is 6.33. The lowest BCUT2D eigenvalue weighted by atomic mass is 10.1. The molecular weight excluding hydrogens is 408 g/mol. The van der Waals surface area contributed by atoms with Crippen molar-refractivity contribution in [3.05, 3.63) is 51.6 Å². The molecule has 6 nitrogen and oxygen atoms in total. The minimum atomic E-state index is -0.254. The first-order chi connectivity index (χ1) is 13.0. The van der Waals surface area contributed by atoms with Gasteiger partial charge in [0, 0.05) is 30.9 Å². The van der Waals surface area contributed by atoms with Gasteiger partial charge in [0.25, 0.3) is 11.8 Å². The lowest BCUT2D eigenvalue weighted by molar-refractivity contribution is -0.115. The summed E-state index contributed by atoms with van der Waals surface area (Å²) in [5.74, 6) is 0.491. The molecule has 0 bridgehead atoms. The highest BCUT2D eigenvalue weighted by molar-refractivity contribution is 8.26. The maximum absolute atomic E-state index is 12.2. The maximum Gasteiger partial charge on any atom is 0.263 e. The Bertz CT molecular complexity index is 939. The number of carbonyl (C=O) groups excluding carboxylic acids is 2. The Labute approximate surface area is 170 Å². The Morgan fingerprint density at radius 2 is 2.22 bits per heavy atom. The third-order valence-electron chi connectivity index (χ3n) is 3.63. The van der Waals surface area contributed by atoms with Crippen LogP contribution < -0.4 is 10.6 Å². The van der Waals surface area contributed by atoms with Crippen LogP contribution in [0.1, 0.15) is 16.1 Å². The number of carbonyl (C=O) groups is 2. The zero-order chi connectivity index (χ0) is 19.4. The molecule has 2 aromatic rings. The van der Waals surface area contributed by atoms with Crippen LogP contribution in [0.15, 0.2) is 39.7 Å². The average molecular weight is 423 g/mol. The van der Waals surface area contributed by atoms with Crippen molar-refractivity contribution in [2.75, 3.05) is 20.3 Å². The number of hydrogen-bond donors (Lipinski definition) is 2. The summed E-state index contributed by atoms with van der Waals surface area (Å²) >= 11 is 12.4. The number of furan rings is 1. The number of benzene rings is 1. The van der Waals surface area contributed by atoms with Gasteiger partial charge in [-0.1, -0.05) is 35.6 Å². The normalized spacial score (nSPS) is 15.3. The zero-order valence-electron chi connectivity index (χ0n) is 14.2. The lowest BCUT2D eigenvalue weighted by Gasteiger charge is -2.07. The Balaban J connectivity index is 1.82. The Morgan fingerprint density at radius 1 is 1.41 bits per heavy atom. The van der Waals surface area contributed by atoms with Gasteiger partial charge in [0.2, 0.25) is 0 Å². The molecule has 0 aliphatic carbocycles. The summed E-state index contributed by atoms with van der Waals surface area (Å²) in [6, 6.07) is 8.39. The van der Waals surface area contributed by atoms with E-state index in [-0.39, 0.29) is 11.8 Å². The highest BCUT2D eigenvalue weighted by Crippen LogP contribution is 2.32. The minimum absolute atomic E-state index is 0.230. The molecular formula is C18H15ClN2O4S2. The summed E-state index contributed by atoms with van der Waals surface area (Å²) in [5.41, 5.74) is 1.04. The van der Waals surface area contributed by atoms with Crippen molar-refractivity contribution in [1.29, 1.82) is 0 Å². The molecule has 1 aliphatic rings. The number of rotatable bonds is 6. The van der Waals surface area contributed by atoms with Gasteiger partial charge >= 0.3 is 0 Å². The Morgan fingerprint density at radius 3 is 2.93 bits per heavy atom. The van der Waals surface area contributed by atoms with E-state index in [4.69, 9.17) is 33.0 Å². The summed E-state index contributed by atoms with van der Waals surface area (Å²) in [6.45, 7) is 0.838. The third-order valence-corrected chi connectivity index (χ3v) is 5.12. The molecule has 1 aliphatic heterocycles. The van der Waals surface area contributed by atoms with Crippen molar-refractivity contribution in [1.82, 2.24) is 10.6 Å². The zero-order valence-corrected chi connectivity index (χ0v) is 16.6. The fourth-order valence-corrected chi connectivity index (χ4v) is 3.58. The smallest absolute Gasteiger partial charge is 0.263 e. The molecule has 1 aromatic carbocycles. The summed E-state index contributed by atoms with van der Waals surface area (Å²) in [5, 5.41) is 5.75. The maximum atomic E-state index is 12.2. The first-order valence-electron chi connectivity index (χ1n) is 7.89. The highest BCUT2D eigenvalue weighted by atomic mass is 35.5. The number of thiocarbonyl (C=S) groups is 1. The number of thioether (sulfide) groups is 1. The third kappa shape index (κ3) is 4.78. The molecule has 2 heterocycles. The van der Waals surface area contributed by atoms with E-state index in [0.717, 1.165) is 0 Å². The average Bonchev–Trinajstić information content (AvgIpc) is 3.22. The molecule has 0 radical (unpaired) electrons. The predicted molar refractivity (Wildman–Crippen MR) is 110 cm³/mol. The predicted octanol–water partition coefficient (Wildman–Crippen LogP) is 3.47. The molecule has 0 saturated carbocycles. The van der Waals surface area contributed by atoms with Crippen LogP contribution in [0.2, 0.25) is 5.02 Å². The molecule has 9 heteroatoms. The van der Waals surface area contributed by atoms with Crippen LogP contribution in [-0.4, -0.2) is 36.4 Å². The molecule has 1 aromatic heterocycles. The molecule has 1 saturated heterocycles. The van der Waals surface area contributed by atoms with Gasteiger partial charge in [0.15, 0.2) is 0 Å². The first-order valence-corrected chi connectivity index (χ1v) is 9.50. The quantitative estimate of drug-likeness (QED) is 0.421. The van der Waals surface area contributed by atoms with E-state index in [2.05, 4.69) is 10.6 Å². The number of halogens is 1. The summed E-state index contributed by atoms with van der Waals surface area (Å²) in [7, 11) is 1.57. The number of methoxy groups -OCH3 is 1. The van der Waals surface area contributed by atoms with Crippen molar-refractivity contribution in [2.24, 2.45) is 0 Å². The van der Waals surface area contributed by atoms with Gasteiger partial charge < -0.3 is 19.8 Å². The van der Waals surface area contributed by atoms with Crippen LogP contribution in [0.5, 0.6) is 0 Å². The van der Waals surface area contributed by atoms with Gasteiger partial charge in [-0.3, -0.25) is 9.59 Å². The van der Waals surface area contributed by atoms with Crippen LogP contribution in [-0.2, 0) is 9.53 Å². The molecule has 140 valence electrons. The van der Waals surface area contributed by atoms with Crippen molar-refractivity contribution < 1.29 is 18.7 Å². The van der Waals surface area contributed by atoms with Crippen LogP contribution in [0, 0.1) is 0 Å². The monoisotopic (exact) mass is 422 g/mol. The minimum Gasteiger partial charge on any atom is -0.457 e. The molecule has 3 rings (SSSR count). The van der Waals surface area contributed by atoms with Gasteiger partial charge in [-0.15, -0.1) is 0 Å². The summed E-state index contributed by atoms with van der Waals surface area (Å²) < 4.78 is 11.1. The molecule has 2 amide bonds. The second-order valence-corrected chi connectivity index (χ2v) is 7.62. The molecule has 27 heavy (non-hydrogen) atoms. The molecule has 2 N–H and O–H groups in total. The van der Waals surface area contributed by atoms with E-state index in [1.54, 1.807) is 43.5 Å². The topological polar surface area (TPSA) is 80.6 Å². The first kappa shape index (κ1) is 19.6. The van der Waals surface area contributed by atoms with Crippen LogP contribution in [0.25, 0.3) is 17.4 Å². The lowest BCUT2D eigenvalue weighted by Crippen LogP contribution is -2.26. The SMILES string of the molecule is COCCNC(=O)c1ccc(Cl)c(-c2ccc(/C=C3\SC(=S)NC3=O)o2)c1. The van der Waals surface area contributed by atoms with Crippen molar-refractivity contribution in [3.63, 3.8) is 0 Å². The van der Waals surface area contributed by atoms with Gasteiger partial charge in [-0.2, -0.15) is 0 Å². The number of amides is 2. The van der Waals surface area contributed by atoms with Crippen molar-refractivity contribution in [3.8, 4) is 11.3 Å². The van der Waals surface area contributed by atoms with Gasteiger partial charge in [-0.25, -0.2) is 0 Å². The van der Waals surface area contributed by atoms with E-state index >= 15 is 0 Å². The van der Waals surface area contributed by atoms with E-state index < -0.39 is 0 Å². The van der Waals surface area contributed by atoms with Crippen molar-refractivity contribution in [2.45, 2.75) is 0 Å². The van der Waals surface area contributed by atoms with E-state index in [0.29, 0.717) is 50.0 Å². The van der Waals surface area contributed by atoms with Crippen LogP contribution >= 0.6 is 35.6 Å². The highest BCUT2D eigenvalue weighted by Gasteiger charge is 2.22. The number of hydrogen-bond acceptors (Lipinski definition) is 6. The molecule has 0 spiro atoms. The van der Waals surface area contributed by atoms with Gasteiger partial charge in [0.05, 0.1) is 16.5 Å². The summed E-state index contributed by atoms with van der Waals surface area (Å²) in [4.78, 5) is 24.4. The van der Waals surface area contributed by atoms with E-state index in [9.17, 15) is 9.59 Å². The van der Waals surface area contributed by atoms with Crippen LogP contribution in [0.4, 0.5) is 0 Å². The molecule has 0 unspecified atom stereocenters. The Hall–Kier alpha value is -2.13. The van der Waals surface area contributed by atoms with E-state index in [1.807, 2.05) is 0 Å². The number of nitrogens with one attached hydrogen (secondary N) is 2. The van der Waals surface area contributed by atoms with Crippen LogP contribution in [0.3, 0.4) is 0 Å². The second-order valence-electron chi connectivity index (χ2n) is 5.50. The van der Waals surface area contributed by atoms with Crippen molar-refractivity contribution >= 4 is 57.8 Å².